The topological polar surface area (TPSA) is 21.7 Å². The van der Waals surface area contributed by atoms with Gasteiger partial charge in [0.2, 0.25) is 0 Å². The van der Waals surface area contributed by atoms with Crippen LogP contribution in [0, 0.1) is 5.92 Å². The van der Waals surface area contributed by atoms with Crippen LogP contribution in [0.15, 0.2) is 24.3 Å². The smallest absolute Gasteiger partial charge is 0.161 e. The highest BCUT2D eigenvalue weighted by atomic mass is 16.5. The van der Waals surface area contributed by atoms with Crippen LogP contribution in [0.4, 0.5) is 0 Å². The highest BCUT2D eigenvalue weighted by Crippen LogP contribution is 2.32. The lowest BCUT2D eigenvalue weighted by molar-refractivity contribution is 0.0955. The molecule has 2 fully saturated rings. The van der Waals surface area contributed by atoms with Crippen LogP contribution < -0.4 is 9.47 Å². The van der Waals surface area contributed by atoms with Gasteiger partial charge in [-0.05, 0) is 43.7 Å². The number of hydrogen-bond donors (Lipinski definition) is 0. The molecule has 0 spiro atoms. The molecule has 0 atom stereocenters. The number of benzene rings is 1. The molecule has 1 aromatic carbocycles. The lowest BCUT2D eigenvalue weighted by atomic mass is 10.1. The Morgan fingerprint density at radius 1 is 1.05 bits per heavy atom. The summed E-state index contributed by atoms with van der Waals surface area (Å²) in [6.45, 7) is 3.66. The van der Waals surface area contributed by atoms with Crippen LogP contribution in [-0.2, 0) is 0 Å². The van der Waals surface area contributed by atoms with Crippen LogP contribution >= 0.6 is 0 Å². The Bertz CT molecular complexity index is 409. The van der Waals surface area contributed by atoms with Gasteiger partial charge in [-0.3, -0.25) is 0 Å². The van der Waals surface area contributed by atoms with E-state index in [1.165, 1.54) is 32.5 Å². The quantitative estimate of drug-likeness (QED) is 0.813. The van der Waals surface area contributed by atoms with Gasteiger partial charge in [-0.15, -0.1) is 0 Å². The van der Waals surface area contributed by atoms with Crippen LogP contribution in [0.5, 0.6) is 11.5 Å². The Morgan fingerprint density at radius 3 is 2.37 bits per heavy atom. The third kappa shape index (κ3) is 3.41. The average Bonchev–Trinajstić information content (AvgIpc) is 3.26. The summed E-state index contributed by atoms with van der Waals surface area (Å²) in [6, 6.07) is 7.93. The summed E-state index contributed by atoms with van der Waals surface area (Å²) < 4.78 is 11.4. The van der Waals surface area contributed by atoms with E-state index < -0.39 is 0 Å². The second kappa shape index (κ2) is 5.83. The molecular formula is C16H23NO2. The van der Waals surface area contributed by atoms with Crippen LogP contribution in [-0.4, -0.2) is 37.7 Å². The largest absolute Gasteiger partial charge is 0.493 e. The summed E-state index contributed by atoms with van der Waals surface area (Å²) in [6.07, 6.45) is 5.48. The van der Waals surface area contributed by atoms with Crippen molar-refractivity contribution in [1.29, 1.82) is 0 Å². The fourth-order valence-electron chi connectivity index (χ4n) is 2.77. The van der Waals surface area contributed by atoms with Crippen molar-refractivity contribution in [2.24, 2.45) is 5.92 Å². The fourth-order valence-corrected chi connectivity index (χ4v) is 2.77. The molecule has 1 heterocycles. The van der Waals surface area contributed by atoms with Crippen LogP contribution in [0.2, 0.25) is 0 Å². The number of ether oxygens (including phenoxy) is 2. The molecule has 0 radical (unpaired) electrons. The molecule has 3 rings (SSSR count). The molecule has 0 amide bonds. The molecule has 0 aromatic heterocycles. The minimum Gasteiger partial charge on any atom is -0.493 e. The number of nitrogens with zero attached hydrogens (tertiary/aromatic N) is 1. The molecule has 19 heavy (non-hydrogen) atoms. The van der Waals surface area contributed by atoms with Crippen LogP contribution in [0.25, 0.3) is 0 Å². The Morgan fingerprint density at radius 2 is 1.74 bits per heavy atom. The van der Waals surface area contributed by atoms with Crippen molar-refractivity contribution in [2.75, 3.05) is 26.7 Å². The number of methoxy groups -OCH3 is 1. The summed E-state index contributed by atoms with van der Waals surface area (Å²) in [4.78, 5) is 2.60. The second-order valence-electron chi connectivity index (χ2n) is 5.71. The molecule has 1 saturated carbocycles. The van der Waals surface area contributed by atoms with Crippen molar-refractivity contribution in [3.8, 4) is 11.5 Å². The van der Waals surface area contributed by atoms with Crippen molar-refractivity contribution < 1.29 is 9.47 Å². The number of rotatable bonds is 5. The maximum atomic E-state index is 6.09. The van der Waals surface area contributed by atoms with E-state index in [9.17, 15) is 0 Å². The first-order chi connectivity index (χ1) is 9.35. The fraction of sp³-hybridized carbons (Fsp3) is 0.625. The molecule has 2 aliphatic rings. The Hall–Kier alpha value is -1.22. The van der Waals surface area contributed by atoms with Gasteiger partial charge < -0.3 is 14.4 Å². The minimum absolute atomic E-state index is 0.340. The van der Waals surface area contributed by atoms with E-state index >= 15 is 0 Å². The van der Waals surface area contributed by atoms with Crippen LogP contribution in [0.3, 0.4) is 0 Å². The maximum Gasteiger partial charge on any atom is 0.161 e. The van der Waals surface area contributed by atoms with Crippen LogP contribution in [0.1, 0.15) is 25.7 Å². The number of piperidine rings is 1. The third-order valence-electron chi connectivity index (χ3n) is 4.11. The molecule has 1 aliphatic carbocycles. The standard InChI is InChI=1S/C16H23NO2/c1-18-15-4-2-3-5-16(15)19-14-8-10-17(11-9-14)12-13-6-7-13/h2-5,13-14H,6-12H2,1H3. The Kier molecular flexibility index (Phi) is 3.92. The van der Waals surface area contributed by atoms with Gasteiger partial charge in [-0.25, -0.2) is 0 Å². The van der Waals surface area contributed by atoms with Gasteiger partial charge in [0.25, 0.3) is 0 Å². The first kappa shape index (κ1) is 12.8. The highest BCUT2D eigenvalue weighted by molar-refractivity contribution is 5.39. The third-order valence-corrected chi connectivity index (χ3v) is 4.11. The molecule has 0 bridgehead atoms. The van der Waals surface area contributed by atoms with Crippen molar-refractivity contribution in [3.63, 3.8) is 0 Å². The normalized spacial score (nSPS) is 21.3. The van der Waals surface area contributed by atoms with Gasteiger partial charge in [-0.2, -0.15) is 0 Å². The van der Waals surface area contributed by atoms with Gasteiger partial charge in [0.15, 0.2) is 11.5 Å². The molecule has 0 N–H and O–H groups in total. The van der Waals surface area contributed by atoms with E-state index in [1.54, 1.807) is 7.11 Å². The molecule has 0 unspecified atom stereocenters. The highest BCUT2D eigenvalue weighted by Gasteiger charge is 2.27. The zero-order valence-electron chi connectivity index (χ0n) is 11.7. The monoisotopic (exact) mass is 261 g/mol. The van der Waals surface area contributed by atoms with E-state index in [2.05, 4.69) is 4.90 Å². The molecule has 104 valence electrons. The van der Waals surface area contributed by atoms with E-state index in [0.29, 0.717) is 6.10 Å². The van der Waals surface area contributed by atoms with E-state index in [-0.39, 0.29) is 0 Å². The molecule has 3 heteroatoms. The summed E-state index contributed by atoms with van der Waals surface area (Å²) in [5, 5.41) is 0. The summed E-state index contributed by atoms with van der Waals surface area (Å²) in [5.74, 6) is 2.71. The van der Waals surface area contributed by atoms with Crippen molar-refractivity contribution in [2.45, 2.75) is 31.8 Å². The van der Waals surface area contributed by atoms with Gasteiger partial charge >= 0.3 is 0 Å². The molecule has 1 aliphatic heterocycles. The first-order valence-electron chi connectivity index (χ1n) is 7.37. The van der Waals surface area contributed by atoms with Gasteiger partial charge in [0.05, 0.1) is 7.11 Å². The average molecular weight is 261 g/mol. The number of likely N-dealkylation sites (tertiary alicyclic amines) is 1. The van der Waals surface area contributed by atoms with E-state index in [0.717, 1.165) is 30.3 Å². The van der Waals surface area contributed by atoms with Gasteiger partial charge in [-0.1, -0.05) is 12.1 Å². The molecule has 3 nitrogen and oxygen atoms in total. The van der Waals surface area contributed by atoms with Gasteiger partial charge in [0.1, 0.15) is 6.10 Å². The maximum absolute atomic E-state index is 6.09. The number of hydrogen-bond acceptors (Lipinski definition) is 3. The molecule has 1 aromatic rings. The summed E-state index contributed by atoms with van der Waals surface area (Å²) >= 11 is 0. The second-order valence-corrected chi connectivity index (χ2v) is 5.71. The van der Waals surface area contributed by atoms with Crippen molar-refractivity contribution in [1.82, 2.24) is 4.90 Å². The summed E-state index contributed by atoms with van der Waals surface area (Å²) in [5.41, 5.74) is 0. The van der Waals surface area contributed by atoms with Crippen molar-refractivity contribution in [3.05, 3.63) is 24.3 Å². The Balaban J connectivity index is 1.50. The minimum atomic E-state index is 0.340. The lowest BCUT2D eigenvalue weighted by Gasteiger charge is -2.32. The zero-order chi connectivity index (χ0) is 13.1. The number of para-hydroxylation sites is 2. The van der Waals surface area contributed by atoms with E-state index in [4.69, 9.17) is 9.47 Å². The lowest BCUT2D eigenvalue weighted by Crippen LogP contribution is -2.39. The van der Waals surface area contributed by atoms with E-state index in [1.807, 2.05) is 24.3 Å². The predicted octanol–water partition coefficient (Wildman–Crippen LogP) is 2.95. The van der Waals surface area contributed by atoms with Crippen molar-refractivity contribution >= 4 is 0 Å². The molecule has 1 saturated heterocycles. The molecular weight excluding hydrogens is 238 g/mol. The first-order valence-corrected chi connectivity index (χ1v) is 7.37. The predicted molar refractivity (Wildman–Crippen MR) is 75.8 cm³/mol. The van der Waals surface area contributed by atoms with Gasteiger partial charge in [0, 0.05) is 19.6 Å². The SMILES string of the molecule is COc1ccccc1OC1CCN(CC2CC2)CC1. The Labute approximate surface area is 115 Å². The zero-order valence-corrected chi connectivity index (χ0v) is 11.7. The summed E-state index contributed by atoms with van der Waals surface area (Å²) in [7, 11) is 1.69.